The molecular formula is C13H20N2O2S. The number of nitrogens with one attached hydrogen (secondary N) is 1. The lowest BCUT2D eigenvalue weighted by atomic mass is 10.1. The van der Waals surface area contributed by atoms with Gasteiger partial charge < -0.3 is 5.73 Å². The number of anilines is 1. The molecule has 0 aromatic heterocycles. The van der Waals surface area contributed by atoms with Crippen LogP contribution in [0.2, 0.25) is 0 Å². The Labute approximate surface area is 109 Å². The summed E-state index contributed by atoms with van der Waals surface area (Å²) >= 11 is 0. The third kappa shape index (κ3) is 3.03. The Balaban J connectivity index is 2.12. The minimum atomic E-state index is -3.43. The average molecular weight is 268 g/mol. The maximum atomic E-state index is 12.2. The lowest BCUT2D eigenvalue weighted by molar-refractivity contribution is 0.519. The lowest BCUT2D eigenvalue weighted by Gasteiger charge is -2.13. The van der Waals surface area contributed by atoms with Crippen molar-refractivity contribution in [3.63, 3.8) is 0 Å². The van der Waals surface area contributed by atoms with Crippen LogP contribution in [0.4, 0.5) is 5.69 Å². The van der Waals surface area contributed by atoms with E-state index >= 15 is 0 Å². The van der Waals surface area contributed by atoms with Gasteiger partial charge in [-0.3, -0.25) is 0 Å². The first-order valence-corrected chi connectivity index (χ1v) is 7.83. The fourth-order valence-electron chi connectivity index (χ4n) is 2.43. The van der Waals surface area contributed by atoms with Gasteiger partial charge in [-0.05, 0) is 43.4 Å². The smallest absolute Gasteiger partial charge is 0.240 e. The molecule has 5 heteroatoms. The predicted molar refractivity (Wildman–Crippen MR) is 72.7 cm³/mol. The third-order valence-electron chi connectivity index (χ3n) is 3.54. The van der Waals surface area contributed by atoms with Gasteiger partial charge in [0.05, 0.1) is 4.90 Å². The van der Waals surface area contributed by atoms with Crippen LogP contribution in [0.25, 0.3) is 0 Å². The van der Waals surface area contributed by atoms with Crippen molar-refractivity contribution in [1.82, 2.24) is 4.72 Å². The largest absolute Gasteiger partial charge is 0.399 e. The minimum absolute atomic E-state index is 0.292. The molecule has 100 valence electrons. The monoisotopic (exact) mass is 268 g/mol. The summed E-state index contributed by atoms with van der Waals surface area (Å²) in [5.74, 6) is 0.487. The highest BCUT2D eigenvalue weighted by Gasteiger charge is 2.21. The molecule has 2 rings (SSSR count). The molecule has 3 N–H and O–H groups in total. The molecule has 1 aliphatic rings. The molecule has 0 heterocycles. The Hall–Kier alpha value is -1.07. The molecule has 18 heavy (non-hydrogen) atoms. The normalized spacial score (nSPS) is 17.2. The summed E-state index contributed by atoms with van der Waals surface area (Å²) in [6.45, 7) is 2.32. The molecule has 0 spiro atoms. The van der Waals surface area contributed by atoms with Crippen molar-refractivity contribution < 1.29 is 8.42 Å². The molecule has 0 amide bonds. The van der Waals surface area contributed by atoms with E-state index in [9.17, 15) is 8.42 Å². The van der Waals surface area contributed by atoms with Gasteiger partial charge in [0.25, 0.3) is 0 Å². The summed E-state index contributed by atoms with van der Waals surface area (Å²) in [7, 11) is -3.43. The summed E-state index contributed by atoms with van der Waals surface area (Å²) in [5, 5.41) is 0. The molecule has 4 nitrogen and oxygen atoms in total. The Morgan fingerprint density at radius 1 is 1.33 bits per heavy atom. The van der Waals surface area contributed by atoms with E-state index in [-0.39, 0.29) is 0 Å². The standard InChI is InChI=1S/C13H20N2O2S/c1-10-6-7-12(14)8-13(10)18(16,17)15-9-11-4-2-3-5-11/h6-8,11,15H,2-5,9,14H2,1H3. The van der Waals surface area contributed by atoms with Crippen molar-refractivity contribution in [1.29, 1.82) is 0 Å². The summed E-state index contributed by atoms with van der Waals surface area (Å²) in [6, 6.07) is 4.97. The Morgan fingerprint density at radius 2 is 2.00 bits per heavy atom. The molecule has 0 radical (unpaired) electrons. The van der Waals surface area contributed by atoms with Crippen molar-refractivity contribution in [2.75, 3.05) is 12.3 Å². The molecule has 1 saturated carbocycles. The number of hydrogen-bond acceptors (Lipinski definition) is 3. The van der Waals surface area contributed by atoms with Crippen LogP contribution in [0, 0.1) is 12.8 Å². The first-order valence-electron chi connectivity index (χ1n) is 6.35. The quantitative estimate of drug-likeness (QED) is 0.821. The second-order valence-electron chi connectivity index (χ2n) is 5.03. The van der Waals surface area contributed by atoms with Crippen LogP contribution in [0.5, 0.6) is 0 Å². The maximum Gasteiger partial charge on any atom is 0.240 e. The van der Waals surface area contributed by atoms with Gasteiger partial charge in [0.15, 0.2) is 0 Å². The number of sulfonamides is 1. The summed E-state index contributed by atoms with van der Waals surface area (Å²) in [4.78, 5) is 0.292. The molecule has 0 bridgehead atoms. The first-order chi connectivity index (χ1) is 8.49. The molecule has 1 aromatic carbocycles. The molecule has 1 aliphatic carbocycles. The second-order valence-corrected chi connectivity index (χ2v) is 6.76. The van der Waals surface area contributed by atoms with Crippen LogP contribution in [0.15, 0.2) is 23.1 Å². The van der Waals surface area contributed by atoms with Gasteiger partial charge in [0.1, 0.15) is 0 Å². The van der Waals surface area contributed by atoms with Crippen LogP contribution in [0.3, 0.4) is 0 Å². The molecule has 1 aromatic rings. The van der Waals surface area contributed by atoms with Crippen molar-refractivity contribution in [3.05, 3.63) is 23.8 Å². The van der Waals surface area contributed by atoms with Gasteiger partial charge in [-0.1, -0.05) is 18.9 Å². The molecule has 0 unspecified atom stereocenters. The number of benzene rings is 1. The van der Waals surface area contributed by atoms with Crippen LogP contribution in [-0.2, 0) is 10.0 Å². The van der Waals surface area contributed by atoms with E-state index in [1.165, 1.54) is 18.9 Å². The van der Waals surface area contributed by atoms with E-state index in [1.54, 1.807) is 19.1 Å². The first kappa shape index (κ1) is 13.4. The number of aryl methyl sites for hydroxylation is 1. The van der Waals surface area contributed by atoms with E-state index < -0.39 is 10.0 Å². The average Bonchev–Trinajstić information content (AvgIpc) is 2.83. The van der Waals surface area contributed by atoms with Crippen LogP contribution < -0.4 is 10.5 Å². The highest BCUT2D eigenvalue weighted by Crippen LogP contribution is 2.25. The SMILES string of the molecule is Cc1ccc(N)cc1S(=O)(=O)NCC1CCCC1. The van der Waals surface area contributed by atoms with E-state index in [1.807, 2.05) is 0 Å². The van der Waals surface area contributed by atoms with E-state index in [0.29, 0.717) is 23.0 Å². The summed E-state index contributed by atoms with van der Waals surface area (Å²) in [6.07, 6.45) is 4.67. The molecule has 1 fully saturated rings. The number of nitrogen functional groups attached to an aromatic ring is 1. The fraction of sp³-hybridized carbons (Fsp3) is 0.538. The highest BCUT2D eigenvalue weighted by molar-refractivity contribution is 7.89. The zero-order valence-electron chi connectivity index (χ0n) is 10.6. The van der Waals surface area contributed by atoms with Crippen molar-refractivity contribution in [2.24, 2.45) is 5.92 Å². The maximum absolute atomic E-state index is 12.2. The third-order valence-corrected chi connectivity index (χ3v) is 5.10. The Bertz CT molecular complexity index is 520. The number of nitrogens with two attached hydrogens (primary N) is 1. The zero-order chi connectivity index (χ0) is 13.2. The second kappa shape index (κ2) is 5.28. The number of rotatable bonds is 4. The topological polar surface area (TPSA) is 72.2 Å². The van der Waals surface area contributed by atoms with Crippen LogP contribution >= 0.6 is 0 Å². The van der Waals surface area contributed by atoms with E-state index in [4.69, 9.17) is 5.73 Å². The lowest BCUT2D eigenvalue weighted by Crippen LogP contribution is -2.29. The van der Waals surface area contributed by atoms with Gasteiger partial charge in [0.2, 0.25) is 10.0 Å². The van der Waals surface area contributed by atoms with Gasteiger partial charge in [-0.25, -0.2) is 13.1 Å². The summed E-state index contributed by atoms with van der Waals surface area (Å²) < 4.78 is 27.1. The molecule has 0 atom stereocenters. The van der Waals surface area contributed by atoms with Gasteiger partial charge >= 0.3 is 0 Å². The van der Waals surface area contributed by atoms with Gasteiger partial charge in [-0.15, -0.1) is 0 Å². The highest BCUT2D eigenvalue weighted by atomic mass is 32.2. The number of hydrogen-bond donors (Lipinski definition) is 2. The molecular weight excluding hydrogens is 248 g/mol. The van der Waals surface area contributed by atoms with E-state index in [0.717, 1.165) is 18.4 Å². The van der Waals surface area contributed by atoms with Crippen LogP contribution in [0.1, 0.15) is 31.2 Å². The van der Waals surface area contributed by atoms with E-state index in [2.05, 4.69) is 4.72 Å². The van der Waals surface area contributed by atoms with Gasteiger partial charge in [-0.2, -0.15) is 0 Å². The Kier molecular flexibility index (Phi) is 3.92. The predicted octanol–water partition coefficient (Wildman–Crippen LogP) is 2.05. The summed E-state index contributed by atoms with van der Waals surface area (Å²) in [5.41, 5.74) is 6.85. The Morgan fingerprint density at radius 3 is 2.67 bits per heavy atom. The fourth-order valence-corrected chi connectivity index (χ4v) is 3.82. The van der Waals surface area contributed by atoms with Crippen molar-refractivity contribution in [3.8, 4) is 0 Å². The van der Waals surface area contributed by atoms with Gasteiger partial charge in [0, 0.05) is 12.2 Å². The van der Waals surface area contributed by atoms with Crippen LogP contribution in [-0.4, -0.2) is 15.0 Å². The zero-order valence-corrected chi connectivity index (χ0v) is 11.5. The molecule has 0 aliphatic heterocycles. The minimum Gasteiger partial charge on any atom is -0.399 e. The van der Waals surface area contributed by atoms with Crippen molar-refractivity contribution >= 4 is 15.7 Å². The van der Waals surface area contributed by atoms with Crippen molar-refractivity contribution in [2.45, 2.75) is 37.5 Å². The molecule has 0 saturated heterocycles.